The van der Waals surface area contributed by atoms with Gasteiger partial charge in [0.15, 0.2) is 0 Å². The summed E-state index contributed by atoms with van der Waals surface area (Å²) >= 11 is 1.67. The Morgan fingerprint density at radius 3 is 2.64 bits per heavy atom. The van der Waals surface area contributed by atoms with Crippen LogP contribution in [0.4, 0.5) is 5.69 Å². The number of para-hydroxylation sites is 1. The molecule has 1 heterocycles. The molecule has 0 unspecified atom stereocenters. The van der Waals surface area contributed by atoms with Crippen molar-refractivity contribution in [2.24, 2.45) is 0 Å². The molecule has 0 bridgehead atoms. The molecule has 2 rings (SSSR count). The Balaban J connectivity index is 1.97. The highest BCUT2D eigenvalue weighted by atomic mass is 32.1. The number of rotatable bonds is 8. The molecule has 0 aliphatic heterocycles. The van der Waals surface area contributed by atoms with E-state index in [0.29, 0.717) is 13.2 Å². The van der Waals surface area contributed by atoms with Crippen LogP contribution in [-0.4, -0.2) is 44.7 Å². The molecule has 22 heavy (non-hydrogen) atoms. The normalized spacial score (nSPS) is 10.9. The predicted octanol–water partition coefficient (Wildman–Crippen LogP) is 2.86. The predicted molar refractivity (Wildman–Crippen MR) is 91.3 cm³/mol. The molecule has 0 N–H and O–H groups in total. The van der Waals surface area contributed by atoms with Crippen molar-refractivity contribution >= 4 is 22.9 Å². The molecule has 1 aromatic heterocycles. The topological polar surface area (TPSA) is 32.8 Å². The number of carbonyl (C=O) groups is 1. The number of likely N-dealkylation sites (N-methyl/N-ethyl adjacent to an activating group) is 1. The van der Waals surface area contributed by atoms with E-state index in [1.54, 1.807) is 23.3 Å². The van der Waals surface area contributed by atoms with Crippen molar-refractivity contribution in [3.63, 3.8) is 0 Å². The third-order valence-corrected chi connectivity index (χ3v) is 4.21. The average molecular weight is 318 g/mol. The van der Waals surface area contributed by atoms with Gasteiger partial charge in [-0.3, -0.25) is 9.69 Å². The van der Waals surface area contributed by atoms with Crippen molar-refractivity contribution in [2.75, 3.05) is 38.8 Å². The van der Waals surface area contributed by atoms with Gasteiger partial charge in [-0.15, -0.1) is 0 Å². The number of hydrogen-bond acceptors (Lipinski definition) is 4. The zero-order valence-corrected chi connectivity index (χ0v) is 13.9. The lowest BCUT2D eigenvalue weighted by molar-refractivity contribution is -0.119. The summed E-state index contributed by atoms with van der Waals surface area (Å²) in [5.41, 5.74) is 2.14. The summed E-state index contributed by atoms with van der Waals surface area (Å²) in [5, 5.41) is 4.17. The summed E-state index contributed by atoms with van der Waals surface area (Å²) in [6, 6.07) is 11.8. The van der Waals surface area contributed by atoms with Crippen LogP contribution in [0.5, 0.6) is 0 Å². The first-order valence-electron chi connectivity index (χ1n) is 7.24. The fraction of sp³-hybridized carbons (Fsp3) is 0.353. The zero-order chi connectivity index (χ0) is 15.8. The minimum absolute atomic E-state index is 0.0810. The van der Waals surface area contributed by atoms with E-state index in [4.69, 9.17) is 4.74 Å². The minimum Gasteiger partial charge on any atom is -0.383 e. The second-order valence-electron chi connectivity index (χ2n) is 5.12. The monoisotopic (exact) mass is 318 g/mol. The van der Waals surface area contributed by atoms with Gasteiger partial charge in [-0.1, -0.05) is 18.2 Å². The van der Waals surface area contributed by atoms with E-state index in [2.05, 4.69) is 21.7 Å². The lowest BCUT2D eigenvalue weighted by atomic mass is 10.2. The first-order valence-corrected chi connectivity index (χ1v) is 8.19. The fourth-order valence-corrected chi connectivity index (χ4v) is 2.83. The van der Waals surface area contributed by atoms with Gasteiger partial charge in [-0.25, -0.2) is 0 Å². The first kappa shape index (κ1) is 16.7. The number of anilines is 1. The molecule has 2 aromatic rings. The van der Waals surface area contributed by atoms with Crippen LogP contribution in [0.25, 0.3) is 0 Å². The molecule has 4 nitrogen and oxygen atoms in total. The molecule has 0 spiro atoms. The van der Waals surface area contributed by atoms with Gasteiger partial charge in [-0.2, -0.15) is 11.3 Å². The smallest absolute Gasteiger partial charge is 0.240 e. The quantitative estimate of drug-likeness (QED) is 0.750. The Labute approximate surface area is 135 Å². The summed E-state index contributed by atoms with van der Waals surface area (Å²) in [6.07, 6.45) is 0. The van der Waals surface area contributed by atoms with E-state index in [9.17, 15) is 4.79 Å². The van der Waals surface area contributed by atoms with Crippen LogP contribution in [0.2, 0.25) is 0 Å². The molecule has 1 aromatic carbocycles. The standard InChI is InChI=1S/C17H22N2O2S/c1-18(16-6-4-3-5-7-16)17(20)13-19(9-10-21-2)12-15-8-11-22-14-15/h3-8,11,14H,9-10,12-13H2,1-2H3. The summed E-state index contributed by atoms with van der Waals surface area (Å²) in [7, 11) is 3.50. The molecule has 0 aliphatic carbocycles. The van der Waals surface area contributed by atoms with Crippen molar-refractivity contribution in [3.8, 4) is 0 Å². The maximum Gasteiger partial charge on any atom is 0.240 e. The van der Waals surface area contributed by atoms with Crippen LogP contribution in [0.3, 0.4) is 0 Å². The van der Waals surface area contributed by atoms with Gasteiger partial charge >= 0.3 is 0 Å². The van der Waals surface area contributed by atoms with Gasteiger partial charge in [0.25, 0.3) is 0 Å². The lowest BCUT2D eigenvalue weighted by Gasteiger charge is -2.24. The third kappa shape index (κ3) is 4.94. The van der Waals surface area contributed by atoms with E-state index >= 15 is 0 Å². The Hall–Kier alpha value is -1.69. The van der Waals surface area contributed by atoms with Crippen LogP contribution in [0.15, 0.2) is 47.2 Å². The maximum atomic E-state index is 12.5. The molecule has 0 fully saturated rings. The highest BCUT2D eigenvalue weighted by molar-refractivity contribution is 7.07. The summed E-state index contributed by atoms with van der Waals surface area (Å²) in [4.78, 5) is 16.3. The van der Waals surface area contributed by atoms with Crippen LogP contribution in [0, 0.1) is 0 Å². The van der Waals surface area contributed by atoms with Crippen molar-refractivity contribution in [1.29, 1.82) is 0 Å². The van der Waals surface area contributed by atoms with E-state index in [1.807, 2.05) is 37.4 Å². The summed E-state index contributed by atoms with van der Waals surface area (Å²) < 4.78 is 5.15. The molecule has 5 heteroatoms. The third-order valence-electron chi connectivity index (χ3n) is 3.47. The number of methoxy groups -OCH3 is 1. The Morgan fingerprint density at radius 2 is 2.00 bits per heavy atom. The summed E-state index contributed by atoms with van der Waals surface area (Å²) in [6.45, 7) is 2.50. The number of nitrogens with zero attached hydrogens (tertiary/aromatic N) is 2. The zero-order valence-electron chi connectivity index (χ0n) is 13.1. The minimum atomic E-state index is 0.0810. The molecule has 1 amide bonds. The van der Waals surface area contributed by atoms with E-state index < -0.39 is 0 Å². The highest BCUT2D eigenvalue weighted by Crippen LogP contribution is 2.13. The van der Waals surface area contributed by atoms with Crippen molar-refractivity contribution in [3.05, 3.63) is 52.7 Å². The van der Waals surface area contributed by atoms with Crippen molar-refractivity contribution < 1.29 is 9.53 Å². The van der Waals surface area contributed by atoms with Crippen molar-refractivity contribution in [1.82, 2.24) is 4.90 Å². The van der Waals surface area contributed by atoms with Crippen LogP contribution < -0.4 is 4.90 Å². The van der Waals surface area contributed by atoms with Gasteiger partial charge in [0.05, 0.1) is 13.2 Å². The lowest BCUT2D eigenvalue weighted by Crippen LogP contribution is -2.39. The van der Waals surface area contributed by atoms with Crippen LogP contribution in [-0.2, 0) is 16.1 Å². The van der Waals surface area contributed by atoms with Gasteiger partial charge in [0.2, 0.25) is 5.91 Å². The number of carbonyl (C=O) groups excluding carboxylic acids is 1. The SMILES string of the molecule is COCCN(CC(=O)N(C)c1ccccc1)Cc1ccsc1. The second kappa shape index (κ2) is 8.68. The first-order chi connectivity index (χ1) is 10.7. The number of amides is 1. The van der Waals surface area contributed by atoms with Gasteiger partial charge < -0.3 is 9.64 Å². The number of thiophene rings is 1. The largest absolute Gasteiger partial charge is 0.383 e. The van der Waals surface area contributed by atoms with E-state index in [0.717, 1.165) is 18.8 Å². The number of hydrogen-bond donors (Lipinski definition) is 0. The fourth-order valence-electron chi connectivity index (χ4n) is 2.17. The number of benzene rings is 1. The molecule has 118 valence electrons. The van der Waals surface area contributed by atoms with Crippen LogP contribution in [0.1, 0.15) is 5.56 Å². The van der Waals surface area contributed by atoms with E-state index in [-0.39, 0.29) is 5.91 Å². The highest BCUT2D eigenvalue weighted by Gasteiger charge is 2.16. The maximum absolute atomic E-state index is 12.5. The van der Waals surface area contributed by atoms with Crippen LogP contribution >= 0.6 is 11.3 Å². The van der Waals surface area contributed by atoms with Crippen molar-refractivity contribution in [2.45, 2.75) is 6.54 Å². The van der Waals surface area contributed by atoms with Gasteiger partial charge in [0.1, 0.15) is 0 Å². The molecular formula is C17H22N2O2S. The van der Waals surface area contributed by atoms with E-state index in [1.165, 1.54) is 5.56 Å². The Bertz CT molecular complexity index is 557. The molecule has 0 atom stereocenters. The molecular weight excluding hydrogens is 296 g/mol. The van der Waals surface area contributed by atoms with Gasteiger partial charge in [0, 0.05) is 32.9 Å². The number of ether oxygens (including phenoxy) is 1. The molecule has 0 saturated carbocycles. The average Bonchev–Trinajstić information content (AvgIpc) is 3.05. The Kier molecular flexibility index (Phi) is 6.58. The molecule has 0 aliphatic rings. The molecule has 0 radical (unpaired) electrons. The van der Waals surface area contributed by atoms with Gasteiger partial charge in [-0.05, 0) is 34.5 Å². The summed E-state index contributed by atoms with van der Waals surface area (Å²) in [5.74, 6) is 0.0810. The molecule has 0 saturated heterocycles. The Morgan fingerprint density at radius 1 is 1.23 bits per heavy atom. The second-order valence-corrected chi connectivity index (χ2v) is 5.90.